The molecule has 2 aromatic rings. The van der Waals surface area contributed by atoms with Gasteiger partial charge in [-0.05, 0) is 54.4 Å². The Labute approximate surface area is 131 Å². The van der Waals surface area contributed by atoms with Gasteiger partial charge in [0.15, 0.2) is 0 Å². The molecular weight excluding hydrogens is 284 g/mol. The zero-order chi connectivity index (χ0) is 15.4. The third kappa shape index (κ3) is 3.49. The molecule has 0 bridgehead atoms. The van der Waals surface area contributed by atoms with Crippen molar-refractivity contribution in [3.05, 3.63) is 58.6 Å². The van der Waals surface area contributed by atoms with E-state index in [1.54, 1.807) is 7.11 Å². The lowest BCUT2D eigenvalue weighted by Crippen LogP contribution is -2.30. The highest BCUT2D eigenvalue weighted by atomic mass is 35.5. The number of hydrogen-bond acceptors (Lipinski definition) is 3. The summed E-state index contributed by atoms with van der Waals surface area (Å²) < 4.78 is 5.19. The van der Waals surface area contributed by atoms with Crippen LogP contribution in [0.5, 0.6) is 5.75 Å². The Morgan fingerprint density at radius 3 is 2.38 bits per heavy atom. The van der Waals surface area contributed by atoms with Gasteiger partial charge in [-0.2, -0.15) is 0 Å². The third-order valence-corrected chi connectivity index (χ3v) is 4.00. The van der Waals surface area contributed by atoms with E-state index in [0.29, 0.717) is 6.54 Å². The normalized spacial score (nSPS) is 12.0. The van der Waals surface area contributed by atoms with Crippen molar-refractivity contribution in [2.24, 2.45) is 5.73 Å². The molecule has 3 nitrogen and oxygen atoms in total. The Hall–Kier alpha value is -1.71. The van der Waals surface area contributed by atoms with Gasteiger partial charge in [-0.25, -0.2) is 0 Å². The molecule has 2 N–H and O–H groups in total. The van der Waals surface area contributed by atoms with Crippen LogP contribution in [0.25, 0.3) is 0 Å². The van der Waals surface area contributed by atoms with Gasteiger partial charge in [0.05, 0.1) is 13.2 Å². The summed E-state index contributed by atoms with van der Waals surface area (Å²) in [6, 6.07) is 14.0. The van der Waals surface area contributed by atoms with E-state index in [4.69, 9.17) is 22.1 Å². The van der Waals surface area contributed by atoms with E-state index in [9.17, 15) is 0 Å². The number of anilines is 1. The second-order valence-electron chi connectivity index (χ2n) is 5.06. The van der Waals surface area contributed by atoms with Crippen LogP contribution in [-0.4, -0.2) is 20.7 Å². The first kappa shape index (κ1) is 15.7. The molecule has 0 aliphatic carbocycles. The van der Waals surface area contributed by atoms with Crippen molar-refractivity contribution in [3.63, 3.8) is 0 Å². The Bertz CT molecular complexity index is 598. The molecule has 0 aliphatic rings. The zero-order valence-electron chi connectivity index (χ0n) is 12.6. The van der Waals surface area contributed by atoms with Crippen molar-refractivity contribution < 1.29 is 4.74 Å². The van der Waals surface area contributed by atoms with Gasteiger partial charge in [-0.1, -0.05) is 17.7 Å². The van der Waals surface area contributed by atoms with Crippen LogP contribution in [0.1, 0.15) is 17.2 Å². The number of rotatable bonds is 5. The van der Waals surface area contributed by atoms with E-state index >= 15 is 0 Å². The van der Waals surface area contributed by atoms with Crippen molar-refractivity contribution in [2.75, 3.05) is 25.6 Å². The fraction of sp³-hybridized carbons (Fsp3) is 0.294. The summed E-state index contributed by atoms with van der Waals surface area (Å²) >= 11 is 6.04. The van der Waals surface area contributed by atoms with Crippen molar-refractivity contribution >= 4 is 17.3 Å². The second-order valence-corrected chi connectivity index (χ2v) is 5.50. The van der Waals surface area contributed by atoms with E-state index in [-0.39, 0.29) is 6.04 Å². The van der Waals surface area contributed by atoms with Crippen molar-refractivity contribution in [2.45, 2.75) is 13.0 Å². The van der Waals surface area contributed by atoms with Crippen LogP contribution in [0, 0.1) is 6.92 Å². The maximum Gasteiger partial charge on any atom is 0.119 e. The molecule has 0 aromatic heterocycles. The number of likely N-dealkylation sites (N-methyl/N-ethyl adjacent to an activating group) is 1. The van der Waals surface area contributed by atoms with Crippen LogP contribution in [-0.2, 0) is 0 Å². The molecule has 0 radical (unpaired) electrons. The summed E-state index contributed by atoms with van der Waals surface area (Å²) in [6.45, 7) is 2.59. The summed E-state index contributed by atoms with van der Waals surface area (Å²) in [6.07, 6.45) is 0. The van der Waals surface area contributed by atoms with Crippen LogP contribution in [0.15, 0.2) is 42.5 Å². The molecular formula is C17H21ClN2O. The smallest absolute Gasteiger partial charge is 0.119 e. The predicted molar refractivity (Wildman–Crippen MR) is 89.4 cm³/mol. The fourth-order valence-corrected chi connectivity index (χ4v) is 2.73. The summed E-state index contributed by atoms with van der Waals surface area (Å²) in [4.78, 5) is 2.18. The van der Waals surface area contributed by atoms with Gasteiger partial charge in [-0.3, -0.25) is 0 Å². The Morgan fingerprint density at radius 1 is 1.19 bits per heavy atom. The van der Waals surface area contributed by atoms with Crippen LogP contribution < -0.4 is 15.4 Å². The first-order valence-electron chi connectivity index (χ1n) is 6.89. The lowest BCUT2D eigenvalue weighted by Gasteiger charge is -2.30. The third-order valence-electron chi connectivity index (χ3n) is 3.76. The molecule has 0 aliphatic heterocycles. The van der Waals surface area contributed by atoms with Gasteiger partial charge in [0.1, 0.15) is 5.75 Å². The Balaban J connectivity index is 2.30. The second kappa shape index (κ2) is 6.83. The van der Waals surface area contributed by atoms with Crippen molar-refractivity contribution in [1.82, 2.24) is 0 Å². The molecule has 0 heterocycles. The molecule has 1 unspecified atom stereocenters. The number of methoxy groups -OCH3 is 1. The van der Waals surface area contributed by atoms with Crippen LogP contribution in [0.4, 0.5) is 5.69 Å². The highest BCUT2D eigenvalue weighted by Crippen LogP contribution is 2.29. The van der Waals surface area contributed by atoms with Gasteiger partial charge in [0, 0.05) is 24.3 Å². The molecule has 0 fully saturated rings. The molecule has 4 heteroatoms. The molecule has 0 saturated carbocycles. The van der Waals surface area contributed by atoms with E-state index in [2.05, 4.69) is 17.9 Å². The molecule has 2 rings (SSSR count). The Morgan fingerprint density at radius 2 is 1.86 bits per heavy atom. The average molecular weight is 305 g/mol. The predicted octanol–water partition coefficient (Wildman–Crippen LogP) is 3.79. The van der Waals surface area contributed by atoms with Crippen LogP contribution in [0.2, 0.25) is 5.02 Å². The lowest BCUT2D eigenvalue weighted by molar-refractivity contribution is 0.415. The van der Waals surface area contributed by atoms with Crippen molar-refractivity contribution in [1.29, 1.82) is 0 Å². The topological polar surface area (TPSA) is 38.5 Å². The zero-order valence-corrected chi connectivity index (χ0v) is 13.4. The number of nitrogens with zero attached hydrogens (tertiary/aromatic N) is 1. The first-order valence-corrected chi connectivity index (χ1v) is 7.27. The standard InChI is InChI=1S/C17H21ClN2O/c1-12-10-13(18)4-9-16(12)17(11-19)20(2)14-5-7-15(21-3)8-6-14/h4-10,17H,11,19H2,1-3H3. The number of halogens is 1. The monoisotopic (exact) mass is 304 g/mol. The van der Waals surface area contributed by atoms with E-state index in [1.165, 1.54) is 5.56 Å². The maximum atomic E-state index is 6.04. The molecule has 2 aromatic carbocycles. The summed E-state index contributed by atoms with van der Waals surface area (Å²) in [7, 11) is 3.71. The summed E-state index contributed by atoms with van der Waals surface area (Å²) in [5, 5.41) is 0.749. The Kier molecular flexibility index (Phi) is 5.10. The number of aryl methyl sites for hydroxylation is 1. The number of ether oxygens (including phenoxy) is 1. The average Bonchev–Trinajstić information content (AvgIpc) is 2.50. The number of hydrogen-bond donors (Lipinski definition) is 1. The first-order chi connectivity index (χ1) is 10.1. The highest BCUT2D eigenvalue weighted by molar-refractivity contribution is 6.30. The van der Waals surface area contributed by atoms with Gasteiger partial charge in [-0.15, -0.1) is 0 Å². The van der Waals surface area contributed by atoms with E-state index < -0.39 is 0 Å². The fourth-order valence-electron chi connectivity index (χ4n) is 2.50. The minimum atomic E-state index is 0.107. The summed E-state index contributed by atoms with van der Waals surface area (Å²) in [5.41, 5.74) is 9.45. The van der Waals surface area contributed by atoms with Crippen LogP contribution in [0.3, 0.4) is 0 Å². The summed E-state index contributed by atoms with van der Waals surface area (Å²) in [5.74, 6) is 0.846. The van der Waals surface area contributed by atoms with Gasteiger partial charge < -0.3 is 15.4 Å². The quantitative estimate of drug-likeness (QED) is 0.913. The SMILES string of the molecule is COc1ccc(N(C)C(CN)c2ccc(Cl)cc2C)cc1. The van der Waals surface area contributed by atoms with Crippen molar-refractivity contribution in [3.8, 4) is 5.75 Å². The number of nitrogens with two attached hydrogens (primary N) is 1. The lowest BCUT2D eigenvalue weighted by atomic mass is 10.00. The van der Waals surface area contributed by atoms with E-state index in [1.807, 2.05) is 43.4 Å². The largest absolute Gasteiger partial charge is 0.497 e. The highest BCUT2D eigenvalue weighted by Gasteiger charge is 2.18. The molecule has 0 amide bonds. The van der Waals surface area contributed by atoms with Gasteiger partial charge in [0.25, 0.3) is 0 Å². The minimum Gasteiger partial charge on any atom is -0.497 e. The minimum absolute atomic E-state index is 0.107. The van der Waals surface area contributed by atoms with Gasteiger partial charge in [0.2, 0.25) is 0 Å². The molecule has 1 atom stereocenters. The molecule has 21 heavy (non-hydrogen) atoms. The number of benzene rings is 2. The molecule has 112 valence electrons. The molecule has 0 spiro atoms. The maximum absolute atomic E-state index is 6.04. The van der Waals surface area contributed by atoms with Crippen LogP contribution >= 0.6 is 11.6 Å². The molecule has 0 saturated heterocycles. The van der Waals surface area contributed by atoms with E-state index in [0.717, 1.165) is 22.0 Å². The van der Waals surface area contributed by atoms with Gasteiger partial charge >= 0.3 is 0 Å².